The zero-order valence-electron chi connectivity index (χ0n) is 22.0. The van der Waals surface area contributed by atoms with Gasteiger partial charge in [0.15, 0.2) is 0 Å². The Hall–Kier alpha value is -2.46. The van der Waals surface area contributed by atoms with E-state index < -0.39 is 0 Å². The van der Waals surface area contributed by atoms with Gasteiger partial charge in [0.05, 0.1) is 12.5 Å². The molecular weight excluding hydrogens is 448 g/mol. The van der Waals surface area contributed by atoms with Gasteiger partial charge < -0.3 is 9.84 Å². The van der Waals surface area contributed by atoms with Crippen molar-refractivity contribution >= 4 is 11.8 Å². The predicted octanol–water partition coefficient (Wildman–Crippen LogP) is 6.68. The molecule has 36 heavy (non-hydrogen) atoms. The first-order chi connectivity index (χ1) is 17.3. The van der Waals surface area contributed by atoms with Crippen LogP contribution in [0.15, 0.2) is 60.7 Å². The number of aliphatic hydroxyl groups excluding tert-OH is 1. The van der Waals surface area contributed by atoms with Crippen molar-refractivity contribution in [3.8, 4) is 0 Å². The zero-order valence-corrected chi connectivity index (χ0v) is 22.0. The van der Waals surface area contributed by atoms with Gasteiger partial charge in [-0.1, -0.05) is 100 Å². The molecule has 2 aromatic carbocycles. The Labute approximate surface area is 216 Å². The molecule has 1 N–H and O–H groups in total. The highest BCUT2D eigenvalue weighted by Crippen LogP contribution is 2.45. The Morgan fingerprint density at radius 3 is 1.72 bits per heavy atom. The second-order valence-electron chi connectivity index (χ2n) is 11.5. The van der Waals surface area contributed by atoms with Crippen LogP contribution in [0.1, 0.15) is 95.6 Å². The summed E-state index contributed by atoms with van der Waals surface area (Å²) < 4.78 is 5.49. The molecule has 1 aliphatic heterocycles. The van der Waals surface area contributed by atoms with E-state index in [9.17, 15) is 14.7 Å². The number of carbonyl (C=O) groups is 2. The number of cyclic esters (lactones) is 1. The van der Waals surface area contributed by atoms with Crippen LogP contribution < -0.4 is 0 Å². The standard InChI is InChI=1S/C32H42O4/c1-31(26-21-28(34)22-26,24-13-5-3-6-14-24)19-11-9-17-27(33)18-10-12-20-32(2,29-23-30(35)36-29)25-15-7-4-8-16-25/h3-8,13-16,26-27,29,33H,9-12,17-23H2,1-2H3. The first kappa shape index (κ1) is 26.6. The Kier molecular flexibility index (Phi) is 8.66. The number of ether oxygens (including phenoxy) is 1. The number of unbranched alkanes of at least 4 members (excludes halogenated alkanes) is 2. The third-order valence-electron chi connectivity index (χ3n) is 9.02. The molecule has 4 unspecified atom stereocenters. The van der Waals surface area contributed by atoms with Crippen LogP contribution >= 0.6 is 0 Å². The molecule has 0 amide bonds. The summed E-state index contributed by atoms with van der Waals surface area (Å²) in [7, 11) is 0. The molecule has 2 fully saturated rings. The maximum Gasteiger partial charge on any atom is 0.309 e. The number of hydrogen-bond donors (Lipinski definition) is 1. The first-order valence-corrected chi connectivity index (χ1v) is 13.8. The van der Waals surface area contributed by atoms with E-state index in [1.807, 2.05) is 24.3 Å². The Balaban J connectivity index is 1.20. The smallest absolute Gasteiger partial charge is 0.309 e. The monoisotopic (exact) mass is 490 g/mol. The van der Waals surface area contributed by atoms with Gasteiger partial charge in [-0.2, -0.15) is 0 Å². The number of aliphatic hydroxyl groups is 1. The third kappa shape index (κ3) is 6.08. The van der Waals surface area contributed by atoms with Gasteiger partial charge in [-0.25, -0.2) is 0 Å². The van der Waals surface area contributed by atoms with Crippen molar-refractivity contribution in [2.75, 3.05) is 0 Å². The molecule has 4 nitrogen and oxygen atoms in total. The lowest BCUT2D eigenvalue weighted by Crippen LogP contribution is -2.48. The predicted molar refractivity (Wildman–Crippen MR) is 143 cm³/mol. The number of Topliss-reactive ketones (excluding diaryl/α,β-unsaturated/α-hetero) is 1. The van der Waals surface area contributed by atoms with Crippen LogP contribution in [-0.2, 0) is 25.2 Å². The van der Waals surface area contributed by atoms with Crippen molar-refractivity contribution < 1.29 is 19.4 Å². The van der Waals surface area contributed by atoms with E-state index in [4.69, 9.17) is 4.74 Å². The van der Waals surface area contributed by atoms with Crippen LogP contribution in [0.25, 0.3) is 0 Å². The summed E-state index contributed by atoms with van der Waals surface area (Å²) in [4.78, 5) is 23.2. The summed E-state index contributed by atoms with van der Waals surface area (Å²) in [5.74, 6) is 0.715. The average Bonchev–Trinajstić information content (AvgIpc) is 2.86. The van der Waals surface area contributed by atoms with Crippen LogP contribution in [0.5, 0.6) is 0 Å². The van der Waals surface area contributed by atoms with Gasteiger partial charge in [0, 0.05) is 18.3 Å². The fraction of sp³-hybridized carbons (Fsp3) is 0.562. The SMILES string of the molecule is CC(CCCCC(O)CCCCC(C)(c1ccccc1)C1CC(=O)O1)(c1ccccc1)C1CC(=O)C1. The maximum atomic E-state index is 11.7. The Morgan fingerprint density at radius 1 is 0.778 bits per heavy atom. The molecule has 4 rings (SSSR count). The van der Waals surface area contributed by atoms with E-state index >= 15 is 0 Å². The third-order valence-corrected chi connectivity index (χ3v) is 9.02. The van der Waals surface area contributed by atoms with Crippen LogP contribution in [0.3, 0.4) is 0 Å². The van der Waals surface area contributed by atoms with E-state index in [1.165, 1.54) is 11.1 Å². The maximum absolute atomic E-state index is 11.7. The highest BCUT2D eigenvalue weighted by molar-refractivity contribution is 5.85. The van der Waals surface area contributed by atoms with Crippen LogP contribution in [-0.4, -0.2) is 29.1 Å². The van der Waals surface area contributed by atoms with Crippen molar-refractivity contribution in [2.45, 2.75) is 108 Å². The van der Waals surface area contributed by atoms with Crippen molar-refractivity contribution in [3.05, 3.63) is 71.8 Å². The molecule has 0 bridgehead atoms. The molecule has 1 heterocycles. The highest BCUT2D eigenvalue weighted by Gasteiger charge is 2.45. The van der Waals surface area contributed by atoms with Gasteiger partial charge in [-0.15, -0.1) is 0 Å². The molecule has 0 radical (unpaired) electrons. The molecule has 0 aromatic heterocycles. The van der Waals surface area contributed by atoms with Crippen LogP contribution in [0, 0.1) is 5.92 Å². The Morgan fingerprint density at radius 2 is 1.25 bits per heavy atom. The van der Waals surface area contributed by atoms with Gasteiger partial charge in [-0.3, -0.25) is 9.59 Å². The van der Waals surface area contributed by atoms with Crippen molar-refractivity contribution in [1.29, 1.82) is 0 Å². The molecular formula is C32H42O4. The molecule has 2 aliphatic rings. The van der Waals surface area contributed by atoms with Crippen molar-refractivity contribution in [3.63, 3.8) is 0 Å². The lowest BCUT2D eigenvalue weighted by molar-refractivity contribution is -0.177. The fourth-order valence-corrected chi connectivity index (χ4v) is 6.20. The topological polar surface area (TPSA) is 63.6 Å². The molecule has 0 spiro atoms. The van der Waals surface area contributed by atoms with Crippen LogP contribution in [0.2, 0.25) is 0 Å². The second-order valence-corrected chi connectivity index (χ2v) is 11.5. The molecule has 194 valence electrons. The van der Waals surface area contributed by atoms with Gasteiger partial charge in [0.1, 0.15) is 11.9 Å². The zero-order chi connectivity index (χ0) is 25.6. The molecule has 2 aromatic rings. The van der Waals surface area contributed by atoms with E-state index in [-0.39, 0.29) is 29.0 Å². The van der Waals surface area contributed by atoms with Gasteiger partial charge in [0.2, 0.25) is 0 Å². The summed E-state index contributed by atoms with van der Waals surface area (Å²) in [5.41, 5.74) is 2.41. The number of hydrogen-bond acceptors (Lipinski definition) is 4. The van der Waals surface area contributed by atoms with Crippen LogP contribution in [0.4, 0.5) is 0 Å². The molecule has 1 saturated heterocycles. The minimum Gasteiger partial charge on any atom is -0.461 e. The van der Waals surface area contributed by atoms with Gasteiger partial charge in [0.25, 0.3) is 0 Å². The molecule has 1 aliphatic carbocycles. The molecule has 1 saturated carbocycles. The minimum atomic E-state index is -0.275. The van der Waals surface area contributed by atoms with Crippen molar-refractivity contribution in [1.82, 2.24) is 0 Å². The van der Waals surface area contributed by atoms with Gasteiger partial charge in [-0.05, 0) is 48.1 Å². The number of benzene rings is 2. The largest absolute Gasteiger partial charge is 0.461 e. The lowest BCUT2D eigenvalue weighted by atomic mass is 9.60. The van der Waals surface area contributed by atoms with E-state index in [0.29, 0.717) is 31.0 Å². The highest BCUT2D eigenvalue weighted by atomic mass is 16.6. The molecule has 4 heteroatoms. The summed E-state index contributed by atoms with van der Waals surface area (Å²) in [6.45, 7) is 4.52. The van der Waals surface area contributed by atoms with E-state index in [2.05, 4.69) is 50.2 Å². The first-order valence-electron chi connectivity index (χ1n) is 13.8. The second kappa shape index (κ2) is 11.7. The lowest BCUT2D eigenvalue weighted by Gasteiger charge is -2.43. The minimum absolute atomic E-state index is 0.0347. The quantitative estimate of drug-likeness (QED) is 0.237. The summed E-state index contributed by atoms with van der Waals surface area (Å²) in [6.07, 6.45) is 9.23. The summed E-state index contributed by atoms with van der Waals surface area (Å²) >= 11 is 0. The Bertz CT molecular complexity index is 906. The summed E-state index contributed by atoms with van der Waals surface area (Å²) in [5, 5.41) is 10.6. The van der Waals surface area contributed by atoms with E-state index in [1.54, 1.807) is 0 Å². The van der Waals surface area contributed by atoms with E-state index in [0.717, 1.165) is 51.4 Å². The number of esters is 1. The molecule has 4 atom stereocenters. The number of ketones is 1. The normalized spacial score (nSPS) is 22.0. The van der Waals surface area contributed by atoms with Crippen molar-refractivity contribution in [2.24, 2.45) is 5.92 Å². The number of rotatable bonds is 14. The van der Waals surface area contributed by atoms with Gasteiger partial charge >= 0.3 is 5.97 Å². The fourth-order valence-electron chi connectivity index (χ4n) is 6.20. The average molecular weight is 491 g/mol. The summed E-state index contributed by atoms with van der Waals surface area (Å²) in [6, 6.07) is 21.0. The number of carbonyl (C=O) groups excluding carboxylic acids is 2.